The number of hydrogen-bond donors (Lipinski definition) is 2. The Kier molecular flexibility index (Phi) is 4.10. The first-order chi connectivity index (χ1) is 9.54. The number of hydrogen-bond acceptors (Lipinski definition) is 3. The van der Waals surface area contributed by atoms with Crippen molar-refractivity contribution in [1.82, 2.24) is 0 Å². The van der Waals surface area contributed by atoms with Gasteiger partial charge in [0.25, 0.3) is 5.91 Å². The minimum absolute atomic E-state index is 0.0931. The first-order valence-corrected chi connectivity index (χ1v) is 6.10. The van der Waals surface area contributed by atoms with Gasteiger partial charge in [0.15, 0.2) is 0 Å². The van der Waals surface area contributed by atoms with Gasteiger partial charge in [0.2, 0.25) is 0 Å². The number of nitrogen functional groups attached to an aromatic ring is 1. The van der Waals surface area contributed by atoms with Crippen molar-refractivity contribution < 1.29 is 13.9 Å². The Labute approximate surface area is 120 Å². The number of rotatable bonds is 3. The van der Waals surface area contributed by atoms with Crippen LogP contribution in [0, 0.1) is 5.82 Å². The average Bonchev–Trinajstić information content (AvgIpc) is 2.42. The Bertz CT molecular complexity index is 641. The third kappa shape index (κ3) is 2.67. The molecule has 0 aliphatic rings. The number of carbonyl (C=O) groups is 1. The van der Waals surface area contributed by atoms with Crippen molar-refractivity contribution in [3.63, 3.8) is 0 Å². The van der Waals surface area contributed by atoms with Crippen molar-refractivity contribution in [2.45, 2.75) is 0 Å². The molecule has 2 rings (SSSR count). The molecule has 104 valence electrons. The normalized spacial score (nSPS) is 10.2. The molecule has 0 unspecified atom stereocenters. The van der Waals surface area contributed by atoms with Gasteiger partial charge in [0, 0.05) is 5.69 Å². The summed E-state index contributed by atoms with van der Waals surface area (Å²) in [5, 5.41) is 2.51. The maximum Gasteiger partial charge on any atom is 0.261 e. The fraction of sp³-hybridized carbons (Fsp3) is 0.0714. The predicted molar refractivity (Wildman–Crippen MR) is 76.8 cm³/mol. The van der Waals surface area contributed by atoms with Gasteiger partial charge in [-0.15, -0.1) is 0 Å². The Balaban J connectivity index is 2.39. The second-order valence-electron chi connectivity index (χ2n) is 3.98. The lowest BCUT2D eigenvalue weighted by Gasteiger charge is -2.12. The second-order valence-corrected chi connectivity index (χ2v) is 4.38. The second kappa shape index (κ2) is 5.79. The van der Waals surface area contributed by atoms with Crippen LogP contribution in [0.2, 0.25) is 5.02 Å². The highest BCUT2D eigenvalue weighted by Gasteiger charge is 2.18. The number of methoxy groups -OCH3 is 1. The van der Waals surface area contributed by atoms with Crippen molar-refractivity contribution in [2.24, 2.45) is 0 Å². The SMILES string of the molecule is COc1cccc(N)c1C(=O)Nc1c(F)cccc1Cl. The van der Waals surface area contributed by atoms with Crippen molar-refractivity contribution in [3.8, 4) is 5.75 Å². The third-order valence-electron chi connectivity index (χ3n) is 2.71. The van der Waals surface area contributed by atoms with Gasteiger partial charge in [-0.2, -0.15) is 0 Å². The molecule has 0 saturated heterocycles. The Hall–Kier alpha value is -2.27. The molecule has 1 amide bonds. The molecular weight excluding hydrogens is 283 g/mol. The topological polar surface area (TPSA) is 64.3 Å². The molecule has 20 heavy (non-hydrogen) atoms. The number of benzene rings is 2. The van der Waals surface area contributed by atoms with Gasteiger partial charge in [-0.25, -0.2) is 4.39 Å². The molecule has 0 spiro atoms. The number of nitrogens with one attached hydrogen (secondary N) is 1. The summed E-state index contributed by atoms with van der Waals surface area (Å²) >= 11 is 5.86. The predicted octanol–water partition coefficient (Wildman–Crippen LogP) is 3.32. The average molecular weight is 295 g/mol. The molecule has 0 radical (unpaired) electrons. The number of amides is 1. The van der Waals surface area contributed by atoms with Gasteiger partial charge in [-0.1, -0.05) is 23.7 Å². The van der Waals surface area contributed by atoms with Crippen molar-refractivity contribution in [3.05, 3.63) is 52.8 Å². The highest BCUT2D eigenvalue weighted by Crippen LogP contribution is 2.28. The summed E-state index contributed by atoms with van der Waals surface area (Å²) in [5.74, 6) is -0.916. The summed E-state index contributed by atoms with van der Waals surface area (Å²) in [6.45, 7) is 0. The van der Waals surface area contributed by atoms with Gasteiger partial charge in [-0.05, 0) is 24.3 Å². The van der Waals surface area contributed by atoms with Gasteiger partial charge in [-0.3, -0.25) is 4.79 Å². The zero-order chi connectivity index (χ0) is 14.7. The molecule has 0 atom stereocenters. The highest BCUT2D eigenvalue weighted by molar-refractivity contribution is 6.34. The number of carbonyl (C=O) groups excluding carboxylic acids is 1. The van der Waals surface area contributed by atoms with E-state index in [1.165, 1.54) is 25.3 Å². The molecular formula is C14H12ClFN2O2. The summed E-state index contributed by atoms with van der Waals surface area (Å²) in [5.41, 5.74) is 6.03. The zero-order valence-electron chi connectivity index (χ0n) is 10.6. The Morgan fingerprint density at radius 2 is 2.00 bits per heavy atom. The molecule has 0 bridgehead atoms. The van der Waals surface area contributed by atoms with Gasteiger partial charge >= 0.3 is 0 Å². The van der Waals surface area contributed by atoms with Crippen LogP contribution in [-0.2, 0) is 0 Å². The van der Waals surface area contributed by atoms with Crippen LogP contribution >= 0.6 is 11.6 Å². The van der Waals surface area contributed by atoms with E-state index in [4.69, 9.17) is 22.1 Å². The van der Waals surface area contributed by atoms with E-state index in [1.807, 2.05) is 0 Å². The summed E-state index contributed by atoms with van der Waals surface area (Å²) in [6, 6.07) is 8.93. The number of para-hydroxylation sites is 1. The van der Waals surface area contributed by atoms with E-state index in [-0.39, 0.29) is 22.0 Å². The minimum atomic E-state index is -0.626. The lowest BCUT2D eigenvalue weighted by molar-refractivity contribution is 0.102. The van der Waals surface area contributed by atoms with E-state index in [0.717, 1.165) is 0 Å². The van der Waals surface area contributed by atoms with E-state index >= 15 is 0 Å². The number of ether oxygens (including phenoxy) is 1. The molecule has 0 aliphatic carbocycles. The Morgan fingerprint density at radius 1 is 1.30 bits per heavy atom. The van der Waals surface area contributed by atoms with Gasteiger partial charge in [0.05, 0.1) is 17.8 Å². The van der Waals surface area contributed by atoms with E-state index in [2.05, 4.69) is 5.32 Å². The first kappa shape index (κ1) is 14.1. The lowest BCUT2D eigenvalue weighted by atomic mass is 10.1. The van der Waals surface area contributed by atoms with Crippen LogP contribution < -0.4 is 15.8 Å². The van der Waals surface area contributed by atoms with Gasteiger partial charge < -0.3 is 15.8 Å². The Morgan fingerprint density at radius 3 is 2.65 bits per heavy atom. The number of nitrogens with two attached hydrogens (primary N) is 1. The largest absolute Gasteiger partial charge is 0.496 e. The van der Waals surface area contributed by atoms with Crippen molar-refractivity contribution in [2.75, 3.05) is 18.2 Å². The molecule has 3 N–H and O–H groups in total. The molecule has 0 aromatic heterocycles. The fourth-order valence-electron chi connectivity index (χ4n) is 1.75. The molecule has 2 aromatic rings. The van der Waals surface area contributed by atoms with Crippen LogP contribution in [0.25, 0.3) is 0 Å². The summed E-state index contributed by atoms with van der Waals surface area (Å²) < 4.78 is 18.7. The van der Waals surface area contributed by atoms with Crippen LogP contribution in [0.5, 0.6) is 5.75 Å². The van der Waals surface area contributed by atoms with Crippen molar-refractivity contribution in [1.29, 1.82) is 0 Å². The molecule has 0 fully saturated rings. The summed E-state index contributed by atoms with van der Waals surface area (Å²) in [6.07, 6.45) is 0. The first-order valence-electron chi connectivity index (χ1n) is 5.72. The minimum Gasteiger partial charge on any atom is -0.496 e. The molecule has 0 saturated carbocycles. The van der Waals surface area contributed by atoms with Crippen LogP contribution in [-0.4, -0.2) is 13.0 Å². The zero-order valence-corrected chi connectivity index (χ0v) is 11.4. The third-order valence-corrected chi connectivity index (χ3v) is 3.02. The van der Waals surface area contributed by atoms with E-state index in [1.54, 1.807) is 18.2 Å². The maximum absolute atomic E-state index is 13.6. The molecule has 0 aliphatic heterocycles. The highest BCUT2D eigenvalue weighted by atomic mass is 35.5. The summed E-state index contributed by atoms with van der Waals surface area (Å²) in [4.78, 5) is 12.2. The van der Waals surface area contributed by atoms with Gasteiger partial charge in [0.1, 0.15) is 17.1 Å². The maximum atomic E-state index is 13.6. The van der Waals surface area contributed by atoms with Crippen LogP contribution in [0.15, 0.2) is 36.4 Å². The van der Waals surface area contributed by atoms with E-state index in [9.17, 15) is 9.18 Å². The lowest BCUT2D eigenvalue weighted by Crippen LogP contribution is -2.16. The van der Waals surface area contributed by atoms with Crippen LogP contribution in [0.1, 0.15) is 10.4 Å². The number of anilines is 2. The van der Waals surface area contributed by atoms with Crippen LogP contribution in [0.4, 0.5) is 15.8 Å². The molecule has 6 heteroatoms. The molecule has 2 aromatic carbocycles. The van der Waals surface area contributed by atoms with E-state index in [0.29, 0.717) is 5.75 Å². The van der Waals surface area contributed by atoms with E-state index < -0.39 is 11.7 Å². The standard InChI is InChI=1S/C14H12ClFN2O2/c1-20-11-7-3-6-10(17)12(11)14(19)18-13-8(15)4-2-5-9(13)16/h2-7H,17H2,1H3,(H,18,19). The van der Waals surface area contributed by atoms with Crippen LogP contribution in [0.3, 0.4) is 0 Å². The van der Waals surface area contributed by atoms with Crippen molar-refractivity contribution >= 4 is 28.9 Å². The monoisotopic (exact) mass is 294 g/mol. The fourth-order valence-corrected chi connectivity index (χ4v) is 1.96. The number of halogens is 2. The molecule has 0 heterocycles. The quantitative estimate of drug-likeness (QED) is 0.854. The summed E-state index contributed by atoms with van der Waals surface area (Å²) in [7, 11) is 1.42. The smallest absolute Gasteiger partial charge is 0.261 e. The molecule has 4 nitrogen and oxygen atoms in total.